The first kappa shape index (κ1) is 12.3. The first-order chi connectivity index (χ1) is 8.58. The van der Waals surface area contributed by atoms with E-state index >= 15 is 0 Å². The second-order valence-corrected chi connectivity index (χ2v) is 4.14. The minimum atomic E-state index is -0.496. The maximum atomic E-state index is 11.7. The summed E-state index contributed by atoms with van der Waals surface area (Å²) < 4.78 is 0. The molecule has 1 aromatic rings. The fourth-order valence-corrected chi connectivity index (χ4v) is 1.79. The highest BCUT2D eigenvalue weighted by Gasteiger charge is 2.27. The molecule has 0 radical (unpaired) electrons. The van der Waals surface area contributed by atoms with E-state index in [1.807, 2.05) is 30.3 Å². The summed E-state index contributed by atoms with van der Waals surface area (Å²) in [6.45, 7) is 1.66. The lowest BCUT2D eigenvalue weighted by Crippen LogP contribution is -2.52. The molecule has 0 unspecified atom stereocenters. The van der Waals surface area contributed by atoms with Gasteiger partial charge in [0.15, 0.2) is 5.11 Å². The number of hydrogen-bond donors (Lipinski definition) is 3. The number of carbonyl (C=O) groups excluding carboxylic acids is 2. The van der Waals surface area contributed by atoms with Crippen LogP contribution in [0.2, 0.25) is 0 Å². The Balaban J connectivity index is 2.27. The number of para-hydroxylation sites is 1. The normalized spacial score (nSPS) is 14.9. The zero-order valence-electron chi connectivity index (χ0n) is 9.61. The average molecular weight is 261 g/mol. The molecule has 1 aliphatic heterocycles. The summed E-state index contributed by atoms with van der Waals surface area (Å²) in [6, 6.07) is 9.28. The molecule has 0 aromatic heterocycles. The van der Waals surface area contributed by atoms with Crippen molar-refractivity contribution in [3.8, 4) is 0 Å². The first-order valence-corrected chi connectivity index (χ1v) is 5.68. The predicted molar refractivity (Wildman–Crippen MR) is 71.6 cm³/mol. The molecule has 1 heterocycles. The summed E-state index contributed by atoms with van der Waals surface area (Å²) in [7, 11) is 0. The molecule has 1 fully saturated rings. The summed E-state index contributed by atoms with van der Waals surface area (Å²) >= 11 is 4.72. The Morgan fingerprint density at radius 3 is 2.22 bits per heavy atom. The molecular formula is C12H11N3O2S. The average Bonchev–Trinajstić information content (AvgIpc) is 2.28. The molecule has 18 heavy (non-hydrogen) atoms. The molecule has 0 bridgehead atoms. The quantitative estimate of drug-likeness (QED) is 0.420. The van der Waals surface area contributed by atoms with Crippen molar-refractivity contribution in [3.63, 3.8) is 0 Å². The standard InChI is InChI=1S/C12H11N3O2S/c1-7(13-8-5-3-2-4-6-8)9-10(16)14-12(18)15-11(9)17/h2-6,13H,1H3,(H2,14,15,16,17,18). The summed E-state index contributed by atoms with van der Waals surface area (Å²) in [4.78, 5) is 23.4. The Labute approximate surface area is 109 Å². The van der Waals surface area contributed by atoms with Gasteiger partial charge in [-0.25, -0.2) is 0 Å². The second-order valence-electron chi connectivity index (χ2n) is 3.73. The molecule has 2 amide bonds. The Kier molecular flexibility index (Phi) is 3.38. The van der Waals surface area contributed by atoms with Gasteiger partial charge >= 0.3 is 0 Å². The molecule has 2 rings (SSSR count). The molecule has 5 nitrogen and oxygen atoms in total. The number of allylic oxidation sites excluding steroid dienone is 1. The third kappa shape index (κ3) is 2.54. The SMILES string of the molecule is CC(Nc1ccccc1)=C1C(=O)NC(=S)NC1=O. The number of benzene rings is 1. The number of carbonyl (C=O) groups is 2. The third-order valence-electron chi connectivity index (χ3n) is 2.39. The van der Waals surface area contributed by atoms with Gasteiger partial charge in [0.1, 0.15) is 5.57 Å². The summed E-state index contributed by atoms with van der Waals surface area (Å²) in [6.07, 6.45) is 0. The van der Waals surface area contributed by atoms with Crippen molar-refractivity contribution in [1.82, 2.24) is 10.6 Å². The van der Waals surface area contributed by atoms with Crippen LogP contribution in [-0.2, 0) is 9.59 Å². The molecule has 6 heteroatoms. The van der Waals surface area contributed by atoms with E-state index in [-0.39, 0.29) is 10.7 Å². The molecule has 0 aliphatic carbocycles. The van der Waals surface area contributed by atoms with Crippen molar-refractivity contribution in [1.29, 1.82) is 0 Å². The molecule has 3 N–H and O–H groups in total. The van der Waals surface area contributed by atoms with Gasteiger partial charge in [-0.1, -0.05) is 18.2 Å². The van der Waals surface area contributed by atoms with E-state index in [1.54, 1.807) is 6.92 Å². The lowest BCUT2D eigenvalue weighted by Gasteiger charge is -2.19. The summed E-state index contributed by atoms with van der Waals surface area (Å²) in [5.41, 5.74) is 1.31. The number of nitrogens with one attached hydrogen (secondary N) is 3. The van der Waals surface area contributed by atoms with Crippen molar-refractivity contribution in [3.05, 3.63) is 41.6 Å². The minimum Gasteiger partial charge on any atom is -0.358 e. The Bertz CT molecular complexity index is 530. The van der Waals surface area contributed by atoms with Crippen LogP contribution in [0.25, 0.3) is 0 Å². The molecule has 1 saturated heterocycles. The minimum absolute atomic E-state index is 0.0289. The van der Waals surface area contributed by atoms with E-state index in [0.717, 1.165) is 5.69 Å². The zero-order chi connectivity index (χ0) is 13.1. The Hall–Kier alpha value is -2.21. The van der Waals surface area contributed by atoms with Crippen molar-refractivity contribution in [2.45, 2.75) is 6.92 Å². The third-order valence-corrected chi connectivity index (χ3v) is 2.59. The monoisotopic (exact) mass is 261 g/mol. The van der Waals surface area contributed by atoms with Crippen LogP contribution in [0.15, 0.2) is 41.6 Å². The summed E-state index contributed by atoms with van der Waals surface area (Å²) in [5.74, 6) is -0.991. The van der Waals surface area contributed by atoms with Crippen LogP contribution in [0.5, 0.6) is 0 Å². The highest BCUT2D eigenvalue weighted by Crippen LogP contribution is 2.13. The fraction of sp³-hybridized carbons (Fsp3) is 0.0833. The van der Waals surface area contributed by atoms with Crippen molar-refractivity contribution in [2.24, 2.45) is 0 Å². The maximum Gasteiger partial charge on any atom is 0.264 e. The van der Waals surface area contributed by atoms with Crippen molar-refractivity contribution in [2.75, 3.05) is 5.32 Å². The van der Waals surface area contributed by atoms with Crippen LogP contribution in [-0.4, -0.2) is 16.9 Å². The highest BCUT2D eigenvalue weighted by atomic mass is 32.1. The predicted octanol–water partition coefficient (Wildman–Crippen LogP) is 0.903. The van der Waals surface area contributed by atoms with Crippen molar-refractivity contribution >= 4 is 34.8 Å². The first-order valence-electron chi connectivity index (χ1n) is 5.27. The van der Waals surface area contributed by atoms with E-state index in [9.17, 15) is 9.59 Å². The Morgan fingerprint density at radius 1 is 1.11 bits per heavy atom. The molecule has 1 aromatic carbocycles. The van der Waals surface area contributed by atoms with E-state index in [4.69, 9.17) is 12.2 Å². The van der Waals surface area contributed by atoms with Crippen LogP contribution in [0.1, 0.15) is 6.92 Å². The second kappa shape index (κ2) is 4.97. The van der Waals surface area contributed by atoms with Crippen LogP contribution >= 0.6 is 12.2 Å². The highest BCUT2D eigenvalue weighted by molar-refractivity contribution is 7.80. The van der Waals surface area contributed by atoms with E-state index in [1.165, 1.54) is 0 Å². The Morgan fingerprint density at radius 2 is 1.67 bits per heavy atom. The number of thiocarbonyl (C=S) groups is 1. The summed E-state index contributed by atoms with van der Waals surface area (Å²) in [5, 5.41) is 7.81. The number of anilines is 1. The van der Waals surface area contributed by atoms with Gasteiger partial charge in [0.2, 0.25) is 0 Å². The van der Waals surface area contributed by atoms with Crippen molar-refractivity contribution < 1.29 is 9.59 Å². The van der Waals surface area contributed by atoms with E-state index in [2.05, 4.69) is 16.0 Å². The van der Waals surface area contributed by atoms with Gasteiger partial charge in [0, 0.05) is 11.4 Å². The van der Waals surface area contributed by atoms with Gasteiger partial charge in [-0.05, 0) is 31.3 Å². The number of rotatable bonds is 2. The maximum absolute atomic E-state index is 11.7. The van der Waals surface area contributed by atoms with Gasteiger partial charge in [-0.2, -0.15) is 0 Å². The fourth-order valence-electron chi connectivity index (χ4n) is 1.61. The van der Waals surface area contributed by atoms with Crippen LogP contribution in [0, 0.1) is 0 Å². The van der Waals surface area contributed by atoms with E-state index in [0.29, 0.717) is 5.70 Å². The molecule has 1 aliphatic rings. The number of amides is 2. The molecule has 0 saturated carbocycles. The largest absolute Gasteiger partial charge is 0.358 e. The van der Waals surface area contributed by atoms with Gasteiger partial charge < -0.3 is 5.32 Å². The molecular weight excluding hydrogens is 250 g/mol. The van der Waals surface area contributed by atoms with Crippen LogP contribution in [0.4, 0.5) is 5.69 Å². The van der Waals surface area contributed by atoms with Gasteiger partial charge in [-0.3, -0.25) is 20.2 Å². The lowest BCUT2D eigenvalue weighted by atomic mass is 10.1. The van der Waals surface area contributed by atoms with Gasteiger partial charge in [0.05, 0.1) is 0 Å². The lowest BCUT2D eigenvalue weighted by molar-refractivity contribution is -0.123. The number of hydrogen-bond acceptors (Lipinski definition) is 4. The smallest absolute Gasteiger partial charge is 0.264 e. The topological polar surface area (TPSA) is 70.2 Å². The van der Waals surface area contributed by atoms with Crippen LogP contribution < -0.4 is 16.0 Å². The van der Waals surface area contributed by atoms with Crippen LogP contribution in [0.3, 0.4) is 0 Å². The molecule has 0 spiro atoms. The molecule has 92 valence electrons. The molecule has 0 atom stereocenters. The van der Waals surface area contributed by atoms with Gasteiger partial charge in [-0.15, -0.1) is 0 Å². The van der Waals surface area contributed by atoms with E-state index < -0.39 is 11.8 Å². The zero-order valence-corrected chi connectivity index (χ0v) is 10.4. The van der Waals surface area contributed by atoms with Gasteiger partial charge in [0.25, 0.3) is 11.8 Å².